The molecule has 10 heteroatoms. The molecule has 6 nitrogen and oxygen atoms in total. The Labute approximate surface area is 210 Å². The number of hydrogen-bond donors (Lipinski definition) is 2. The first-order valence-corrected chi connectivity index (χ1v) is 11.3. The number of carbonyl (C=O) groups is 2. The number of aromatic hydroxyl groups is 1. The van der Waals surface area contributed by atoms with E-state index in [-0.39, 0.29) is 28.3 Å². The number of halogens is 4. The summed E-state index contributed by atoms with van der Waals surface area (Å²) < 4.78 is 45.6. The highest BCUT2D eigenvalue weighted by Crippen LogP contribution is 2.43. The number of aliphatic hydroxyl groups excluding tert-OH is 1. The number of hydrogen-bond acceptors (Lipinski definition) is 5. The van der Waals surface area contributed by atoms with Gasteiger partial charge in [-0.15, -0.1) is 0 Å². The highest BCUT2D eigenvalue weighted by Gasteiger charge is 2.45. The third-order valence-corrected chi connectivity index (χ3v) is 6.31. The first-order chi connectivity index (χ1) is 17.0. The molecule has 0 saturated carbocycles. The highest BCUT2D eigenvalue weighted by molar-refractivity contribution is 9.10. The molecule has 0 fully saturated rings. The summed E-state index contributed by atoms with van der Waals surface area (Å²) in [5.41, 5.74) is -0.574. The van der Waals surface area contributed by atoms with Crippen LogP contribution >= 0.6 is 15.9 Å². The van der Waals surface area contributed by atoms with E-state index in [0.717, 1.165) is 33.6 Å². The van der Waals surface area contributed by atoms with E-state index >= 15 is 0 Å². The van der Waals surface area contributed by atoms with Gasteiger partial charge in [-0.25, -0.2) is 0 Å². The van der Waals surface area contributed by atoms with Crippen LogP contribution < -0.4 is 4.90 Å². The molecule has 3 aromatic carbocycles. The number of benzene rings is 3. The summed E-state index contributed by atoms with van der Waals surface area (Å²) in [5.74, 6) is -2.94. The van der Waals surface area contributed by atoms with E-state index in [4.69, 9.17) is 4.42 Å². The van der Waals surface area contributed by atoms with Crippen molar-refractivity contribution >= 4 is 44.3 Å². The molecule has 5 rings (SSSR count). The molecular weight excluding hydrogens is 543 g/mol. The normalized spacial score (nSPS) is 16.3. The molecule has 2 heterocycles. The minimum atomic E-state index is -4.59. The Morgan fingerprint density at radius 1 is 0.972 bits per heavy atom. The Balaban J connectivity index is 1.63. The summed E-state index contributed by atoms with van der Waals surface area (Å²) >= 11 is 3.34. The number of Topliss-reactive ketones (excluding diaryl/α,β-unsaturated/α-hetero) is 1. The van der Waals surface area contributed by atoms with Crippen LogP contribution in [0.5, 0.6) is 5.75 Å². The number of furan rings is 1. The van der Waals surface area contributed by atoms with E-state index in [1.807, 2.05) is 0 Å². The Morgan fingerprint density at radius 3 is 2.36 bits per heavy atom. The molecule has 1 amide bonds. The number of aliphatic hydroxyl groups is 1. The van der Waals surface area contributed by atoms with Crippen LogP contribution in [0.3, 0.4) is 0 Å². The van der Waals surface area contributed by atoms with Crippen molar-refractivity contribution in [2.75, 3.05) is 4.90 Å². The lowest BCUT2D eigenvalue weighted by Crippen LogP contribution is -2.31. The van der Waals surface area contributed by atoms with Gasteiger partial charge in [0.2, 0.25) is 5.78 Å². The van der Waals surface area contributed by atoms with Crippen molar-refractivity contribution in [1.82, 2.24) is 0 Å². The van der Waals surface area contributed by atoms with Crippen LogP contribution in [0.25, 0.3) is 11.0 Å². The van der Waals surface area contributed by atoms with Crippen LogP contribution in [0.2, 0.25) is 0 Å². The fourth-order valence-electron chi connectivity index (χ4n) is 4.18. The summed E-state index contributed by atoms with van der Waals surface area (Å²) in [7, 11) is 0. The van der Waals surface area contributed by atoms with Crippen molar-refractivity contribution in [3.8, 4) is 5.75 Å². The molecule has 36 heavy (non-hydrogen) atoms. The van der Waals surface area contributed by atoms with E-state index in [9.17, 15) is 33.0 Å². The maximum Gasteiger partial charge on any atom is 0.416 e. The van der Waals surface area contributed by atoms with Crippen molar-refractivity contribution in [3.63, 3.8) is 0 Å². The van der Waals surface area contributed by atoms with Gasteiger partial charge in [-0.2, -0.15) is 13.2 Å². The van der Waals surface area contributed by atoms with Crippen molar-refractivity contribution < 1.29 is 37.4 Å². The largest absolute Gasteiger partial charge is 0.508 e. The van der Waals surface area contributed by atoms with E-state index in [0.29, 0.717) is 11.0 Å². The van der Waals surface area contributed by atoms with E-state index in [1.165, 1.54) is 30.3 Å². The first-order valence-electron chi connectivity index (χ1n) is 10.5. The topological polar surface area (TPSA) is 91.0 Å². The average Bonchev–Trinajstić information content (AvgIpc) is 3.36. The summed E-state index contributed by atoms with van der Waals surface area (Å²) in [4.78, 5) is 27.7. The Bertz CT molecular complexity index is 1560. The number of anilines is 1. The van der Waals surface area contributed by atoms with Crippen LogP contribution in [0.1, 0.15) is 27.7 Å². The van der Waals surface area contributed by atoms with Crippen molar-refractivity contribution in [3.05, 3.63) is 105 Å². The fraction of sp³-hybridized carbons (Fsp3) is 0.0769. The summed E-state index contributed by atoms with van der Waals surface area (Å²) in [6.45, 7) is 0. The van der Waals surface area contributed by atoms with Gasteiger partial charge in [0.15, 0.2) is 11.5 Å². The number of amides is 1. The first kappa shape index (κ1) is 23.7. The van der Waals surface area contributed by atoms with Crippen molar-refractivity contribution in [2.45, 2.75) is 12.2 Å². The Kier molecular flexibility index (Phi) is 5.63. The molecule has 0 spiro atoms. The SMILES string of the molecule is O=C(C1=C(O)C(=O)N(c2ccc(C(F)(F)F)cc2)C1c1cccc(O)c1)c1cc2cc(Br)ccc2o1. The molecule has 0 saturated heterocycles. The zero-order chi connectivity index (χ0) is 25.8. The van der Waals surface area contributed by atoms with Gasteiger partial charge in [-0.3, -0.25) is 14.5 Å². The molecule has 4 aromatic rings. The van der Waals surface area contributed by atoms with Crippen LogP contribution in [0, 0.1) is 0 Å². The zero-order valence-electron chi connectivity index (χ0n) is 18.1. The second kappa shape index (κ2) is 8.56. The van der Waals surface area contributed by atoms with Crippen LogP contribution in [0.4, 0.5) is 18.9 Å². The summed E-state index contributed by atoms with van der Waals surface area (Å²) in [5, 5.41) is 21.4. The lowest BCUT2D eigenvalue weighted by molar-refractivity contribution is -0.137. The fourth-order valence-corrected chi connectivity index (χ4v) is 4.56. The number of alkyl halides is 3. The van der Waals surface area contributed by atoms with Gasteiger partial charge in [-0.05, 0) is 66.2 Å². The maximum atomic E-state index is 13.6. The highest BCUT2D eigenvalue weighted by atomic mass is 79.9. The number of rotatable bonds is 4. The van der Waals surface area contributed by atoms with Gasteiger partial charge < -0.3 is 14.6 Å². The Morgan fingerprint density at radius 2 is 1.69 bits per heavy atom. The van der Waals surface area contributed by atoms with Crippen LogP contribution in [0.15, 0.2) is 93.0 Å². The number of phenolic OH excluding ortho intramolecular Hbond substituents is 1. The minimum Gasteiger partial charge on any atom is -0.508 e. The molecule has 1 unspecified atom stereocenters. The second-order valence-electron chi connectivity index (χ2n) is 8.10. The zero-order valence-corrected chi connectivity index (χ0v) is 19.7. The minimum absolute atomic E-state index is 0.0178. The predicted molar refractivity (Wildman–Crippen MR) is 128 cm³/mol. The number of ketones is 1. The molecule has 0 bridgehead atoms. The number of nitrogens with zero attached hydrogens (tertiary/aromatic N) is 1. The summed E-state index contributed by atoms with van der Waals surface area (Å²) in [6.07, 6.45) is -4.59. The molecule has 2 N–H and O–H groups in total. The molecule has 1 atom stereocenters. The van der Waals surface area contributed by atoms with Crippen molar-refractivity contribution in [1.29, 1.82) is 0 Å². The molecule has 1 aliphatic rings. The summed E-state index contributed by atoms with van der Waals surface area (Å²) in [6, 6.07) is 14.8. The molecule has 1 aromatic heterocycles. The van der Waals surface area contributed by atoms with Crippen LogP contribution in [-0.4, -0.2) is 21.9 Å². The monoisotopic (exact) mass is 557 g/mol. The number of carbonyl (C=O) groups excluding carboxylic acids is 2. The number of phenols is 1. The predicted octanol–water partition coefficient (Wildman–Crippen LogP) is 6.70. The van der Waals surface area contributed by atoms with Gasteiger partial charge in [0.1, 0.15) is 11.3 Å². The van der Waals surface area contributed by atoms with Gasteiger partial charge >= 0.3 is 6.18 Å². The van der Waals surface area contributed by atoms with Gasteiger partial charge in [0, 0.05) is 15.5 Å². The molecule has 0 aliphatic carbocycles. The molecule has 0 radical (unpaired) electrons. The van der Waals surface area contributed by atoms with Gasteiger partial charge in [0.25, 0.3) is 5.91 Å². The van der Waals surface area contributed by atoms with E-state index in [2.05, 4.69) is 15.9 Å². The third kappa shape index (κ3) is 4.03. The second-order valence-corrected chi connectivity index (χ2v) is 9.02. The lowest BCUT2D eigenvalue weighted by atomic mass is 9.94. The van der Waals surface area contributed by atoms with Gasteiger partial charge in [0.05, 0.1) is 17.2 Å². The molecule has 1 aliphatic heterocycles. The quantitative estimate of drug-likeness (QED) is 0.272. The molecular formula is C26H15BrF3NO5. The van der Waals surface area contributed by atoms with Crippen LogP contribution in [-0.2, 0) is 11.0 Å². The van der Waals surface area contributed by atoms with Crippen molar-refractivity contribution in [2.24, 2.45) is 0 Å². The molecule has 182 valence electrons. The lowest BCUT2D eigenvalue weighted by Gasteiger charge is -2.27. The maximum absolute atomic E-state index is 13.6. The standard InChI is InChI=1S/C26H15BrF3NO5/c27-16-6-9-19-14(10-16)12-20(36-19)23(33)21-22(13-2-1-3-18(32)11-13)31(25(35)24(21)34)17-7-4-15(5-8-17)26(28,29)30/h1-12,22,32,34H. The average molecular weight is 558 g/mol. The number of fused-ring (bicyclic) bond motifs is 1. The van der Waals surface area contributed by atoms with E-state index < -0.39 is 35.2 Å². The smallest absolute Gasteiger partial charge is 0.416 e. The van der Waals surface area contributed by atoms with E-state index in [1.54, 1.807) is 18.2 Å². The van der Waals surface area contributed by atoms with Gasteiger partial charge in [-0.1, -0.05) is 28.1 Å². The Hall–Kier alpha value is -4.05. The third-order valence-electron chi connectivity index (χ3n) is 5.81.